The van der Waals surface area contributed by atoms with Crippen molar-refractivity contribution in [2.75, 3.05) is 27.2 Å². The lowest BCUT2D eigenvalue weighted by Crippen LogP contribution is -2.45. The molecule has 3 N–H and O–H groups in total. The minimum Gasteiger partial charge on any atom is -0.353 e. The largest absolute Gasteiger partial charge is 0.353 e. The van der Waals surface area contributed by atoms with Crippen LogP contribution < -0.4 is 16.0 Å². The van der Waals surface area contributed by atoms with Crippen LogP contribution in [0.5, 0.6) is 0 Å². The number of nitrogens with one attached hydrogen (secondary N) is 3. The van der Waals surface area contributed by atoms with Crippen molar-refractivity contribution in [1.82, 2.24) is 20.9 Å². The Morgan fingerprint density at radius 2 is 1.81 bits per heavy atom. The highest BCUT2D eigenvalue weighted by atomic mass is 16.2. The van der Waals surface area contributed by atoms with Gasteiger partial charge in [-0.25, -0.2) is 4.79 Å². The molecule has 6 heteroatoms. The number of rotatable bonds is 9. The third kappa shape index (κ3) is 7.44. The normalized spacial score (nSPS) is 15.7. The second kappa shape index (κ2) is 10.8. The fraction of sp³-hybridized carbons (Fsp3) is 0.600. The quantitative estimate of drug-likeness (QED) is 0.630. The number of hydrogen-bond donors (Lipinski definition) is 3. The molecule has 1 atom stereocenters. The number of hydrogen-bond acceptors (Lipinski definition) is 3. The van der Waals surface area contributed by atoms with Gasteiger partial charge in [-0.1, -0.05) is 43.2 Å². The molecule has 1 aromatic carbocycles. The number of likely N-dealkylation sites (N-methyl/N-ethyl adjacent to an activating group) is 1. The van der Waals surface area contributed by atoms with Crippen LogP contribution in [-0.4, -0.2) is 56.1 Å². The molecule has 0 radical (unpaired) electrons. The van der Waals surface area contributed by atoms with E-state index in [4.69, 9.17) is 0 Å². The average molecular weight is 361 g/mol. The molecule has 2 rings (SSSR count). The molecule has 26 heavy (non-hydrogen) atoms. The molecule has 1 aliphatic rings. The molecule has 1 fully saturated rings. The van der Waals surface area contributed by atoms with E-state index >= 15 is 0 Å². The Labute approximate surface area is 156 Å². The molecule has 0 aliphatic heterocycles. The number of urea groups is 1. The van der Waals surface area contributed by atoms with E-state index in [-0.39, 0.29) is 18.0 Å². The zero-order valence-corrected chi connectivity index (χ0v) is 16.0. The molecule has 6 nitrogen and oxygen atoms in total. The molecule has 1 saturated carbocycles. The van der Waals surface area contributed by atoms with E-state index in [1.54, 1.807) is 0 Å². The van der Waals surface area contributed by atoms with Gasteiger partial charge in [0.25, 0.3) is 0 Å². The van der Waals surface area contributed by atoms with Crippen molar-refractivity contribution >= 4 is 11.9 Å². The Morgan fingerprint density at radius 3 is 2.46 bits per heavy atom. The van der Waals surface area contributed by atoms with Crippen LogP contribution in [0.15, 0.2) is 30.3 Å². The van der Waals surface area contributed by atoms with Crippen molar-refractivity contribution in [3.8, 4) is 0 Å². The molecule has 1 aliphatic carbocycles. The fourth-order valence-corrected chi connectivity index (χ4v) is 3.26. The summed E-state index contributed by atoms with van der Waals surface area (Å²) >= 11 is 0. The predicted octanol–water partition coefficient (Wildman–Crippen LogP) is 1.91. The van der Waals surface area contributed by atoms with Crippen LogP contribution in [0, 0.1) is 0 Å². The molecule has 0 aromatic heterocycles. The van der Waals surface area contributed by atoms with Gasteiger partial charge in [0.2, 0.25) is 5.91 Å². The Kier molecular flexibility index (Phi) is 8.41. The summed E-state index contributed by atoms with van der Waals surface area (Å²) in [6.07, 6.45) is 5.74. The number of benzene rings is 1. The third-order valence-electron chi connectivity index (χ3n) is 4.90. The Hall–Kier alpha value is -2.08. The van der Waals surface area contributed by atoms with Gasteiger partial charge < -0.3 is 20.9 Å². The van der Waals surface area contributed by atoms with Crippen molar-refractivity contribution in [3.63, 3.8) is 0 Å². The van der Waals surface area contributed by atoms with Gasteiger partial charge >= 0.3 is 6.03 Å². The van der Waals surface area contributed by atoms with Gasteiger partial charge in [-0.2, -0.15) is 0 Å². The fourth-order valence-electron chi connectivity index (χ4n) is 3.26. The van der Waals surface area contributed by atoms with E-state index in [1.807, 2.05) is 32.3 Å². The molecule has 0 saturated heterocycles. The SMILES string of the molecule is CN(C)C(CNC(=O)NCCC(=O)NC1CCCC1)Cc1ccccc1. The standard InChI is InChI=1S/C20H32N4O2/c1-24(2)18(14-16-8-4-3-5-9-16)15-22-20(26)21-13-12-19(25)23-17-10-6-7-11-17/h3-5,8-9,17-18H,6-7,10-15H2,1-2H3,(H,23,25)(H2,21,22,26). The van der Waals surface area contributed by atoms with Crippen molar-refractivity contribution in [2.24, 2.45) is 0 Å². The summed E-state index contributed by atoms with van der Waals surface area (Å²) in [5.41, 5.74) is 1.25. The molecule has 1 aromatic rings. The molecular weight excluding hydrogens is 328 g/mol. The second-order valence-corrected chi connectivity index (χ2v) is 7.24. The maximum Gasteiger partial charge on any atom is 0.314 e. The molecule has 144 valence electrons. The van der Waals surface area contributed by atoms with E-state index < -0.39 is 0 Å². The minimum absolute atomic E-state index is 0.0208. The number of amides is 3. The van der Waals surface area contributed by atoms with Crippen LogP contribution in [0.3, 0.4) is 0 Å². The van der Waals surface area contributed by atoms with Crippen molar-refractivity contribution in [2.45, 2.75) is 50.6 Å². The van der Waals surface area contributed by atoms with E-state index in [1.165, 1.54) is 18.4 Å². The minimum atomic E-state index is -0.224. The maximum absolute atomic E-state index is 12.0. The first-order chi connectivity index (χ1) is 12.5. The Balaban J connectivity index is 1.63. The van der Waals surface area contributed by atoms with Crippen molar-refractivity contribution in [3.05, 3.63) is 35.9 Å². The van der Waals surface area contributed by atoms with Gasteiger partial charge in [0.15, 0.2) is 0 Å². The molecule has 0 bridgehead atoms. The molecule has 1 unspecified atom stereocenters. The summed E-state index contributed by atoms with van der Waals surface area (Å²) in [4.78, 5) is 25.9. The first-order valence-electron chi connectivity index (χ1n) is 9.56. The van der Waals surface area contributed by atoms with Crippen LogP contribution in [0.25, 0.3) is 0 Å². The van der Waals surface area contributed by atoms with Crippen LogP contribution in [-0.2, 0) is 11.2 Å². The highest BCUT2D eigenvalue weighted by Crippen LogP contribution is 2.17. The highest BCUT2D eigenvalue weighted by molar-refractivity contribution is 5.78. The molecular formula is C20H32N4O2. The molecule has 0 heterocycles. The molecule has 3 amide bonds. The van der Waals surface area contributed by atoms with E-state index in [0.717, 1.165) is 19.3 Å². The summed E-state index contributed by atoms with van der Waals surface area (Å²) in [5, 5.41) is 8.70. The van der Waals surface area contributed by atoms with E-state index in [0.29, 0.717) is 25.6 Å². The second-order valence-electron chi connectivity index (χ2n) is 7.24. The average Bonchev–Trinajstić information content (AvgIpc) is 3.12. The van der Waals surface area contributed by atoms with Gasteiger partial charge in [0.05, 0.1) is 0 Å². The van der Waals surface area contributed by atoms with Crippen LogP contribution in [0.1, 0.15) is 37.7 Å². The van der Waals surface area contributed by atoms with Gasteiger partial charge in [0, 0.05) is 31.6 Å². The third-order valence-corrected chi connectivity index (χ3v) is 4.90. The summed E-state index contributed by atoms with van der Waals surface area (Å²) in [6, 6.07) is 10.6. The maximum atomic E-state index is 12.0. The summed E-state index contributed by atoms with van der Waals surface area (Å²) in [6.45, 7) is 0.914. The zero-order chi connectivity index (χ0) is 18.8. The summed E-state index contributed by atoms with van der Waals surface area (Å²) < 4.78 is 0. The number of carbonyl (C=O) groups is 2. The summed E-state index contributed by atoms with van der Waals surface area (Å²) in [5.74, 6) is 0.0208. The van der Waals surface area contributed by atoms with E-state index in [2.05, 4.69) is 33.0 Å². The monoisotopic (exact) mass is 360 g/mol. The first kappa shape index (κ1) is 20.2. The lowest BCUT2D eigenvalue weighted by Gasteiger charge is -2.25. The van der Waals surface area contributed by atoms with Gasteiger partial charge in [-0.15, -0.1) is 0 Å². The van der Waals surface area contributed by atoms with Crippen molar-refractivity contribution in [1.29, 1.82) is 0 Å². The molecule has 0 spiro atoms. The lowest BCUT2D eigenvalue weighted by atomic mass is 10.1. The summed E-state index contributed by atoms with van der Waals surface area (Å²) in [7, 11) is 4.03. The van der Waals surface area contributed by atoms with Crippen molar-refractivity contribution < 1.29 is 9.59 Å². The van der Waals surface area contributed by atoms with E-state index in [9.17, 15) is 9.59 Å². The smallest absolute Gasteiger partial charge is 0.314 e. The Bertz CT molecular complexity index is 556. The van der Waals surface area contributed by atoms with Gasteiger partial charge in [0.1, 0.15) is 0 Å². The Morgan fingerprint density at radius 1 is 1.12 bits per heavy atom. The topological polar surface area (TPSA) is 73.5 Å². The number of carbonyl (C=O) groups excluding carboxylic acids is 2. The number of nitrogens with zero attached hydrogens (tertiary/aromatic N) is 1. The zero-order valence-electron chi connectivity index (χ0n) is 16.0. The first-order valence-corrected chi connectivity index (χ1v) is 9.56. The van der Waals surface area contributed by atoms with Crippen LogP contribution >= 0.6 is 0 Å². The van der Waals surface area contributed by atoms with Crippen LogP contribution in [0.2, 0.25) is 0 Å². The predicted molar refractivity (Wildman–Crippen MR) is 104 cm³/mol. The van der Waals surface area contributed by atoms with Gasteiger partial charge in [-0.05, 0) is 38.9 Å². The highest BCUT2D eigenvalue weighted by Gasteiger charge is 2.17. The van der Waals surface area contributed by atoms with Gasteiger partial charge in [-0.3, -0.25) is 4.79 Å². The lowest BCUT2D eigenvalue weighted by molar-refractivity contribution is -0.121. The van der Waals surface area contributed by atoms with Crippen LogP contribution in [0.4, 0.5) is 4.79 Å².